The summed E-state index contributed by atoms with van der Waals surface area (Å²) in [5.41, 5.74) is 1.44. The van der Waals surface area contributed by atoms with Crippen molar-refractivity contribution >= 4 is 5.97 Å². The average molecular weight is 235 g/mol. The molecular weight excluding hydrogens is 218 g/mol. The number of methoxy groups -OCH3 is 1. The summed E-state index contributed by atoms with van der Waals surface area (Å²) >= 11 is 0. The molecule has 1 fully saturated rings. The normalized spacial score (nSPS) is 23.1. The van der Waals surface area contributed by atoms with Gasteiger partial charge in [-0.1, -0.05) is 12.1 Å². The van der Waals surface area contributed by atoms with Gasteiger partial charge in [0.25, 0.3) is 0 Å². The van der Waals surface area contributed by atoms with Crippen molar-refractivity contribution in [2.24, 2.45) is 0 Å². The van der Waals surface area contributed by atoms with Gasteiger partial charge >= 0.3 is 5.97 Å². The minimum absolute atomic E-state index is 0.330. The first-order valence-corrected chi connectivity index (χ1v) is 5.77. The third-order valence-electron chi connectivity index (χ3n) is 3.22. The Kier molecular flexibility index (Phi) is 3.76. The molecule has 0 unspecified atom stereocenters. The van der Waals surface area contributed by atoms with Crippen LogP contribution in [0, 0.1) is 0 Å². The van der Waals surface area contributed by atoms with Crippen LogP contribution in [0.15, 0.2) is 24.3 Å². The molecule has 2 N–H and O–H groups in total. The molecule has 0 aliphatic heterocycles. The molecule has 1 aromatic rings. The number of hydrogen-bond donors (Lipinski definition) is 2. The third kappa shape index (κ3) is 3.05. The predicted molar refractivity (Wildman–Crippen MR) is 64.1 cm³/mol. The van der Waals surface area contributed by atoms with Crippen LogP contribution in [0.2, 0.25) is 0 Å². The van der Waals surface area contributed by atoms with E-state index < -0.39 is 5.97 Å². The molecule has 92 valence electrons. The fourth-order valence-electron chi connectivity index (χ4n) is 1.95. The number of benzene rings is 1. The third-order valence-corrected chi connectivity index (χ3v) is 3.22. The van der Waals surface area contributed by atoms with Crippen molar-refractivity contribution in [1.29, 1.82) is 0 Å². The number of rotatable bonds is 5. The van der Waals surface area contributed by atoms with Crippen molar-refractivity contribution in [2.45, 2.75) is 31.5 Å². The van der Waals surface area contributed by atoms with Gasteiger partial charge in [-0.15, -0.1) is 0 Å². The topological polar surface area (TPSA) is 58.6 Å². The Hall–Kier alpha value is -1.39. The lowest BCUT2D eigenvalue weighted by Crippen LogP contribution is -2.44. The fraction of sp³-hybridized carbons (Fsp3) is 0.462. The van der Waals surface area contributed by atoms with Gasteiger partial charge in [0.15, 0.2) is 0 Å². The zero-order valence-corrected chi connectivity index (χ0v) is 9.85. The van der Waals surface area contributed by atoms with E-state index in [1.165, 1.54) is 0 Å². The van der Waals surface area contributed by atoms with Crippen LogP contribution < -0.4 is 5.32 Å². The van der Waals surface area contributed by atoms with Crippen molar-refractivity contribution in [3.63, 3.8) is 0 Å². The smallest absolute Gasteiger partial charge is 0.335 e. The molecule has 0 amide bonds. The van der Waals surface area contributed by atoms with E-state index in [-0.39, 0.29) is 0 Å². The van der Waals surface area contributed by atoms with E-state index in [0.717, 1.165) is 24.9 Å². The van der Waals surface area contributed by atoms with E-state index in [9.17, 15) is 4.79 Å². The summed E-state index contributed by atoms with van der Waals surface area (Å²) in [6.45, 7) is 0.779. The van der Waals surface area contributed by atoms with Crippen LogP contribution in [0.5, 0.6) is 0 Å². The van der Waals surface area contributed by atoms with Crippen LogP contribution >= 0.6 is 0 Å². The fourth-order valence-corrected chi connectivity index (χ4v) is 1.95. The molecule has 0 atom stereocenters. The Labute approximate surface area is 101 Å². The van der Waals surface area contributed by atoms with Crippen LogP contribution in [0.25, 0.3) is 0 Å². The first kappa shape index (κ1) is 12.1. The number of aromatic carboxylic acids is 1. The highest BCUT2D eigenvalue weighted by atomic mass is 16.5. The van der Waals surface area contributed by atoms with E-state index in [4.69, 9.17) is 9.84 Å². The maximum atomic E-state index is 10.7. The van der Waals surface area contributed by atoms with Gasteiger partial charge in [-0.2, -0.15) is 0 Å². The molecule has 0 saturated heterocycles. The van der Waals surface area contributed by atoms with Crippen molar-refractivity contribution in [1.82, 2.24) is 5.32 Å². The summed E-state index contributed by atoms with van der Waals surface area (Å²) in [4.78, 5) is 10.7. The molecule has 2 rings (SSSR count). The summed E-state index contributed by atoms with van der Waals surface area (Å²) in [5, 5.41) is 12.2. The molecule has 0 aromatic heterocycles. The molecule has 4 nitrogen and oxygen atoms in total. The molecule has 1 saturated carbocycles. The second-order valence-electron chi connectivity index (χ2n) is 4.41. The van der Waals surface area contributed by atoms with Crippen molar-refractivity contribution in [3.05, 3.63) is 35.4 Å². The molecule has 0 heterocycles. The highest BCUT2D eigenvalue weighted by Crippen LogP contribution is 2.22. The lowest BCUT2D eigenvalue weighted by molar-refractivity contribution is 0.0170. The maximum absolute atomic E-state index is 10.7. The van der Waals surface area contributed by atoms with E-state index in [0.29, 0.717) is 17.7 Å². The average Bonchev–Trinajstić information content (AvgIpc) is 2.28. The zero-order chi connectivity index (χ0) is 12.3. The molecule has 1 aromatic carbocycles. The SMILES string of the molecule is COC1CC(NCc2ccc(C(=O)O)cc2)C1. The van der Waals surface area contributed by atoms with Gasteiger partial charge in [0, 0.05) is 19.7 Å². The minimum atomic E-state index is -0.883. The number of carboxylic acid groups (broad SMARTS) is 1. The Morgan fingerprint density at radius 1 is 1.41 bits per heavy atom. The lowest BCUT2D eigenvalue weighted by atomic mass is 9.89. The summed E-state index contributed by atoms with van der Waals surface area (Å²) in [5.74, 6) is -0.883. The van der Waals surface area contributed by atoms with Crippen molar-refractivity contribution in [3.8, 4) is 0 Å². The number of hydrogen-bond acceptors (Lipinski definition) is 3. The van der Waals surface area contributed by atoms with Gasteiger partial charge in [-0.25, -0.2) is 4.79 Å². The molecule has 1 aliphatic rings. The lowest BCUT2D eigenvalue weighted by Gasteiger charge is -2.34. The molecular formula is C13H17NO3. The van der Waals surface area contributed by atoms with E-state index >= 15 is 0 Å². The van der Waals surface area contributed by atoms with Crippen molar-refractivity contribution < 1.29 is 14.6 Å². The first-order chi connectivity index (χ1) is 8.19. The number of ether oxygens (including phenoxy) is 1. The summed E-state index contributed by atoms with van der Waals surface area (Å²) in [7, 11) is 1.74. The second kappa shape index (κ2) is 5.29. The Bertz CT molecular complexity index is 382. The molecule has 1 aliphatic carbocycles. The monoisotopic (exact) mass is 235 g/mol. The van der Waals surface area contributed by atoms with Gasteiger partial charge < -0.3 is 15.2 Å². The summed E-state index contributed by atoms with van der Waals surface area (Å²) in [6, 6.07) is 7.50. The molecule has 0 bridgehead atoms. The van der Waals surface area contributed by atoms with Crippen molar-refractivity contribution in [2.75, 3.05) is 7.11 Å². The second-order valence-corrected chi connectivity index (χ2v) is 4.41. The highest BCUT2D eigenvalue weighted by Gasteiger charge is 2.28. The zero-order valence-electron chi connectivity index (χ0n) is 9.85. The molecule has 17 heavy (non-hydrogen) atoms. The Morgan fingerprint density at radius 3 is 2.59 bits per heavy atom. The van der Waals surface area contributed by atoms with Gasteiger partial charge in [0.05, 0.1) is 11.7 Å². The standard InChI is InChI=1S/C13H17NO3/c1-17-12-6-11(7-12)14-8-9-2-4-10(5-3-9)13(15)16/h2-5,11-12,14H,6-8H2,1H3,(H,15,16). The van der Waals surface area contributed by atoms with Gasteiger partial charge in [0.2, 0.25) is 0 Å². The van der Waals surface area contributed by atoms with E-state index in [1.54, 1.807) is 19.2 Å². The number of carboxylic acids is 1. The first-order valence-electron chi connectivity index (χ1n) is 5.77. The van der Waals surface area contributed by atoms with Crippen LogP contribution in [-0.4, -0.2) is 30.3 Å². The maximum Gasteiger partial charge on any atom is 0.335 e. The molecule has 4 heteroatoms. The van der Waals surface area contributed by atoms with Crippen LogP contribution in [0.1, 0.15) is 28.8 Å². The Balaban J connectivity index is 1.78. The number of carbonyl (C=O) groups is 1. The van der Waals surface area contributed by atoms with E-state index in [1.807, 2.05) is 12.1 Å². The Morgan fingerprint density at radius 2 is 2.06 bits per heavy atom. The molecule has 0 spiro atoms. The predicted octanol–water partition coefficient (Wildman–Crippen LogP) is 1.65. The van der Waals surface area contributed by atoms with Crippen LogP contribution in [-0.2, 0) is 11.3 Å². The van der Waals surface area contributed by atoms with Crippen LogP contribution in [0.4, 0.5) is 0 Å². The summed E-state index contributed by atoms with van der Waals surface area (Å²) in [6.07, 6.45) is 2.52. The quantitative estimate of drug-likeness (QED) is 0.814. The number of nitrogens with one attached hydrogen (secondary N) is 1. The minimum Gasteiger partial charge on any atom is -0.478 e. The van der Waals surface area contributed by atoms with Gasteiger partial charge in [0.1, 0.15) is 0 Å². The van der Waals surface area contributed by atoms with Gasteiger partial charge in [-0.05, 0) is 30.5 Å². The van der Waals surface area contributed by atoms with Gasteiger partial charge in [-0.3, -0.25) is 0 Å². The largest absolute Gasteiger partial charge is 0.478 e. The molecule has 0 radical (unpaired) electrons. The highest BCUT2D eigenvalue weighted by molar-refractivity contribution is 5.87. The van der Waals surface area contributed by atoms with E-state index in [2.05, 4.69) is 5.32 Å². The summed E-state index contributed by atoms with van der Waals surface area (Å²) < 4.78 is 5.21. The van der Waals surface area contributed by atoms with Crippen LogP contribution in [0.3, 0.4) is 0 Å².